The first-order valence-corrected chi connectivity index (χ1v) is 12.6. The summed E-state index contributed by atoms with van der Waals surface area (Å²) in [5, 5.41) is 30.5. The zero-order chi connectivity index (χ0) is 23.0. The summed E-state index contributed by atoms with van der Waals surface area (Å²) in [6.45, 7) is 15.0. The van der Waals surface area contributed by atoms with Crippen LogP contribution in [0.5, 0.6) is 0 Å². The van der Waals surface area contributed by atoms with Crippen molar-refractivity contribution in [1.29, 1.82) is 0 Å². The van der Waals surface area contributed by atoms with Gasteiger partial charge in [0.2, 0.25) is 0 Å². The number of hydrogen-bond donors (Lipinski definition) is 3. The Kier molecular flexibility index (Phi) is 7.61. The van der Waals surface area contributed by atoms with E-state index in [2.05, 4.69) is 39.5 Å². The van der Waals surface area contributed by atoms with E-state index in [1.54, 1.807) is 5.57 Å². The van der Waals surface area contributed by atoms with Gasteiger partial charge in [-0.1, -0.05) is 50.6 Å². The van der Waals surface area contributed by atoms with Crippen molar-refractivity contribution in [2.75, 3.05) is 0 Å². The van der Waals surface area contributed by atoms with E-state index in [-0.39, 0.29) is 0 Å². The van der Waals surface area contributed by atoms with E-state index in [0.29, 0.717) is 41.6 Å². The third-order valence-electron chi connectivity index (χ3n) is 9.08. The highest BCUT2D eigenvalue weighted by molar-refractivity contribution is 5.29. The van der Waals surface area contributed by atoms with E-state index in [0.717, 1.165) is 24.3 Å². The van der Waals surface area contributed by atoms with E-state index in [1.807, 2.05) is 13.8 Å². The minimum absolute atomic E-state index is 0.366. The number of aliphatic hydroxyl groups excluding tert-OH is 2. The largest absolute Gasteiger partial charge is 0.390 e. The average Bonchev–Trinajstić information content (AvgIpc) is 3.04. The van der Waals surface area contributed by atoms with Gasteiger partial charge in [0.25, 0.3) is 0 Å². The highest BCUT2D eigenvalue weighted by Gasteiger charge is 2.51. The summed E-state index contributed by atoms with van der Waals surface area (Å²) in [4.78, 5) is 0. The van der Waals surface area contributed by atoms with Gasteiger partial charge in [-0.2, -0.15) is 0 Å². The first-order valence-electron chi connectivity index (χ1n) is 12.6. The second-order valence-corrected chi connectivity index (χ2v) is 11.9. The highest BCUT2D eigenvalue weighted by Crippen LogP contribution is 2.60. The molecule has 0 heterocycles. The van der Waals surface area contributed by atoms with Crippen molar-refractivity contribution in [1.82, 2.24) is 0 Å². The molecular formula is C28H46O3. The molecule has 0 radical (unpaired) electrons. The molecule has 0 saturated heterocycles. The van der Waals surface area contributed by atoms with E-state index >= 15 is 0 Å². The molecule has 0 spiro atoms. The normalized spacial score (nSPS) is 37.6. The molecule has 3 nitrogen and oxygen atoms in total. The van der Waals surface area contributed by atoms with E-state index in [1.165, 1.54) is 32.1 Å². The predicted molar refractivity (Wildman–Crippen MR) is 129 cm³/mol. The van der Waals surface area contributed by atoms with Crippen molar-refractivity contribution in [2.45, 2.75) is 110 Å². The molecule has 31 heavy (non-hydrogen) atoms. The Bertz CT molecular complexity index is 696. The lowest BCUT2D eigenvalue weighted by Gasteiger charge is -2.45. The molecule has 3 heteroatoms. The summed E-state index contributed by atoms with van der Waals surface area (Å²) < 4.78 is 0. The molecule has 7 atom stereocenters. The maximum atomic E-state index is 10.2. The first-order chi connectivity index (χ1) is 14.4. The van der Waals surface area contributed by atoms with Gasteiger partial charge in [-0.05, 0) is 106 Å². The van der Waals surface area contributed by atoms with Gasteiger partial charge in [-0.3, -0.25) is 0 Å². The Morgan fingerprint density at radius 2 is 1.77 bits per heavy atom. The first kappa shape index (κ1) is 24.7. The highest BCUT2D eigenvalue weighted by atomic mass is 16.3. The van der Waals surface area contributed by atoms with Gasteiger partial charge in [0.05, 0.1) is 17.8 Å². The minimum atomic E-state index is -0.618. The van der Waals surface area contributed by atoms with Crippen LogP contribution in [0.1, 0.15) is 92.4 Å². The van der Waals surface area contributed by atoms with Crippen molar-refractivity contribution in [3.63, 3.8) is 0 Å². The van der Waals surface area contributed by atoms with Crippen LogP contribution in [0.4, 0.5) is 0 Å². The number of rotatable bonds is 6. The van der Waals surface area contributed by atoms with Crippen LogP contribution < -0.4 is 0 Å². The standard InChI is InChI=1S/C28H46O3/c1-18(13-15-27(4,5)31)19(2)23-11-12-24-22(8-7-14-28(23,24)6)10-9-21-16-25(29)20(3)26(30)17-21/h9-10,18-19,23-26,29-31H,3,7-8,11-17H2,1-2,4-6H3/t18?,19?,23?,24?,25-,26-,28-/m1/s1. The molecule has 3 saturated carbocycles. The van der Waals surface area contributed by atoms with Gasteiger partial charge in [0.1, 0.15) is 0 Å². The Hall–Kier alpha value is -0.900. The van der Waals surface area contributed by atoms with Crippen LogP contribution in [0.3, 0.4) is 0 Å². The quantitative estimate of drug-likeness (QED) is 0.456. The summed E-state index contributed by atoms with van der Waals surface area (Å²) in [7, 11) is 0. The molecule has 3 fully saturated rings. The molecule has 0 aromatic rings. The zero-order valence-corrected chi connectivity index (χ0v) is 20.5. The summed E-state index contributed by atoms with van der Waals surface area (Å²) in [6.07, 6.45) is 12.8. The summed E-state index contributed by atoms with van der Waals surface area (Å²) in [6, 6.07) is 0. The van der Waals surface area contributed by atoms with Crippen LogP contribution in [0.15, 0.2) is 35.5 Å². The maximum Gasteiger partial charge on any atom is 0.0809 e. The van der Waals surface area contributed by atoms with Crippen LogP contribution in [0.2, 0.25) is 0 Å². The van der Waals surface area contributed by atoms with Gasteiger partial charge in [-0.15, -0.1) is 0 Å². The SMILES string of the molecule is C=C1[C@H](O)CC(=CC=C2CCC[C@@]3(C)C2CCC3C(C)C(C)CCC(C)(C)O)C[C@H]1O. The van der Waals surface area contributed by atoms with Gasteiger partial charge >= 0.3 is 0 Å². The Morgan fingerprint density at radius 1 is 1.13 bits per heavy atom. The molecule has 3 rings (SSSR count). The molecule has 4 unspecified atom stereocenters. The average molecular weight is 431 g/mol. The fourth-order valence-electron chi connectivity index (χ4n) is 6.81. The predicted octanol–water partition coefficient (Wildman–Crippen LogP) is 5.95. The van der Waals surface area contributed by atoms with Crippen molar-refractivity contribution >= 4 is 0 Å². The Balaban J connectivity index is 1.71. The van der Waals surface area contributed by atoms with Gasteiger partial charge < -0.3 is 15.3 Å². The fourth-order valence-corrected chi connectivity index (χ4v) is 6.81. The Labute approximate surface area is 190 Å². The van der Waals surface area contributed by atoms with Crippen LogP contribution in [-0.2, 0) is 0 Å². The second-order valence-electron chi connectivity index (χ2n) is 11.9. The van der Waals surface area contributed by atoms with Crippen molar-refractivity contribution < 1.29 is 15.3 Å². The van der Waals surface area contributed by atoms with Crippen LogP contribution in [0, 0.1) is 29.1 Å². The molecule has 0 aliphatic heterocycles. The van der Waals surface area contributed by atoms with E-state index in [4.69, 9.17) is 0 Å². The van der Waals surface area contributed by atoms with Gasteiger partial charge in [0.15, 0.2) is 0 Å². The van der Waals surface area contributed by atoms with Crippen molar-refractivity contribution in [2.24, 2.45) is 29.1 Å². The summed E-state index contributed by atoms with van der Waals surface area (Å²) in [5.41, 5.74) is 3.06. The zero-order valence-electron chi connectivity index (χ0n) is 20.5. The molecule has 3 N–H and O–H groups in total. The van der Waals surface area contributed by atoms with E-state index < -0.39 is 17.8 Å². The lowest BCUT2D eigenvalue weighted by Crippen LogP contribution is -2.37. The monoisotopic (exact) mass is 430 g/mol. The van der Waals surface area contributed by atoms with E-state index in [9.17, 15) is 15.3 Å². The lowest BCUT2D eigenvalue weighted by atomic mass is 9.59. The number of aliphatic hydroxyl groups is 3. The number of allylic oxidation sites excluding steroid dienone is 3. The topological polar surface area (TPSA) is 60.7 Å². The number of fused-ring (bicyclic) bond motifs is 1. The maximum absolute atomic E-state index is 10.2. The molecule has 3 aliphatic carbocycles. The minimum Gasteiger partial charge on any atom is -0.390 e. The Morgan fingerprint density at radius 3 is 2.39 bits per heavy atom. The molecule has 3 aliphatic rings. The molecule has 0 bridgehead atoms. The molecule has 0 amide bonds. The third kappa shape index (κ3) is 5.54. The summed E-state index contributed by atoms with van der Waals surface area (Å²) in [5.74, 6) is 2.69. The third-order valence-corrected chi connectivity index (χ3v) is 9.08. The molecular weight excluding hydrogens is 384 g/mol. The molecule has 0 aromatic heterocycles. The van der Waals surface area contributed by atoms with Crippen LogP contribution in [0.25, 0.3) is 0 Å². The smallest absolute Gasteiger partial charge is 0.0809 e. The van der Waals surface area contributed by atoms with Gasteiger partial charge in [-0.25, -0.2) is 0 Å². The lowest BCUT2D eigenvalue weighted by molar-refractivity contribution is 0.0447. The number of hydrogen-bond acceptors (Lipinski definition) is 3. The van der Waals surface area contributed by atoms with Gasteiger partial charge in [0, 0.05) is 0 Å². The van der Waals surface area contributed by atoms with Crippen LogP contribution >= 0.6 is 0 Å². The van der Waals surface area contributed by atoms with Crippen molar-refractivity contribution in [3.05, 3.63) is 35.5 Å². The molecule has 176 valence electrons. The van der Waals surface area contributed by atoms with Crippen molar-refractivity contribution in [3.8, 4) is 0 Å². The van der Waals surface area contributed by atoms with Crippen LogP contribution in [-0.4, -0.2) is 33.1 Å². The second kappa shape index (κ2) is 9.53. The fraction of sp³-hybridized carbons (Fsp3) is 0.786. The molecule has 0 aromatic carbocycles. The summed E-state index contributed by atoms with van der Waals surface area (Å²) >= 11 is 0.